The zero-order valence-corrected chi connectivity index (χ0v) is 21.5. The van der Waals surface area contributed by atoms with Crippen molar-refractivity contribution in [3.8, 4) is 11.5 Å². The third-order valence-corrected chi connectivity index (χ3v) is 6.38. The number of aromatic nitrogens is 2. The number of sulfone groups is 1. The molecule has 3 rings (SSSR count). The van der Waals surface area contributed by atoms with E-state index in [1.54, 1.807) is 13.8 Å². The summed E-state index contributed by atoms with van der Waals surface area (Å²) in [4.78, 5) is 25.7. The van der Waals surface area contributed by atoms with Crippen molar-refractivity contribution in [2.75, 3.05) is 32.3 Å². The molecule has 13 heteroatoms. The molecule has 0 N–H and O–H groups in total. The molecule has 0 aliphatic carbocycles. The second-order valence-corrected chi connectivity index (χ2v) is 10.4. The summed E-state index contributed by atoms with van der Waals surface area (Å²) in [6.45, 7) is 1.98. The van der Waals surface area contributed by atoms with Gasteiger partial charge in [-0.1, -0.05) is 6.07 Å². The summed E-state index contributed by atoms with van der Waals surface area (Å²) in [6.07, 6.45) is -3.80. The van der Waals surface area contributed by atoms with Gasteiger partial charge in [-0.25, -0.2) is 18.0 Å². The van der Waals surface area contributed by atoms with Crippen LogP contribution in [0.3, 0.4) is 0 Å². The summed E-state index contributed by atoms with van der Waals surface area (Å²) in [6, 6.07) is 7.07. The molecule has 0 fully saturated rings. The number of fused-ring (bicyclic) bond motifs is 1. The van der Waals surface area contributed by atoms with Gasteiger partial charge in [-0.2, -0.15) is 13.2 Å². The van der Waals surface area contributed by atoms with E-state index in [4.69, 9.17) is 14.2 Å². The number of rotatable bonds is 10. The van der Waals surface area contributed by atoms with Gasteiger partial charge in [0.25, 0.3) is 0 Å². The highest BCUT2D eigenvalue weighted by atomic mass is 32.2. The topological polar surface area (TPSA) is 106 Å². The number of hydrogen-bond donors (Lipinski definition) is 0. The van der Waals surface area contributed by atoms with Crippen LogP contribution in [0.25, 0.3) is 11.0 Å². The number of carbonyl (C=O) groups is 1. The van der Waals surface area contributed by atoms with Gasteiger partial charge in [0.15, 0.2) is 11.5 Å². The van der Waals surface area contributed by atoms with Crippen molar-refractivity contribution >= 4 is 26.8 Å². The average Bonchev–Trinajstić information content (AvgIpc) is 3.06. The van der Waals surface area contributed by atoms with Gasteiger partial charge in [0.05, 0.1) is 48.7 Å². The molecule has 2 aromatic carbocycles. The second-order valence-electron chi connectivity index (χ2n) is 8.23. The molecular formula is C24H27F3N2O7S. The first-order chi connectivity index (χ1) is 17.3. The highest BCUT2D eigenvalue weighted by molar-refractivity contribution is 7.90. The first kappa shape index (κ1) is 28.1. The Morgan fingerprint density at radius 2 is 1.73 bits per heavy atom. The molecule has 1 atom stereocenters. The van der Waals surface area contributed by atoms with Gasteiger partial charge in [-0.15, -0.1) is 0 Å². The molecule has 1 aromatic heterocycles. The molecule has 202 valence electrons. The summed E-state index contributed by atoms with van der Waals surface area (Å²) in [5.41, 5.74) is -1.01. The fourth-order valence-electron chi connectivity index (χ4n) is 4.03. The minimum absolute atomic E-state index is 0.0183. The molecule has 0 bridgehead atoms. The summed E-state index contributed by atoms with van der Waals surface area (Å²) < 4.78 is 82.4. The summed E-state index contributed by atoms with van der Waals surface area (Å²) in [5.74, 6) is -0.727. The van der Waals surface area contributed by atoms with Crippen molar-refractivity contribution < 1.29 is 40.6 Å². The van der Waals surface area contributed by atoms with E-state index < -0.39 is 46.0 Å². The van der Waals surface area contributed by atoms with Crippen LogP contribution in [-0.4, -0.2) is 62.0 Å². The van der Waals surface area contributed by atoms with Crippen LogP contribution in [0.5, 0.6) is 11.5 Å². The minimum atomic E-state index is -4.77. The van der Waals surface area contributed by atoms with Gasteiger partial charge in [-0.3, -0.25) is 9.13 Å². The van der Waals surface area contributed by atoms with Crippen LogP contribution in [-0.2, 0) is 21.1 Å². The monoisotopic (exact) mass is 544 g/mol. The van der Waals surface area contributed by atoms with E-state index in [1.807, 2.05) is 0 Å². The van der Waals surface area contributed by atoms with E-state index in [-0.39, 0.29) is 35.6 Å². The zero-order valence-electron chi connectivity index (χ0n) is 20.7. The maximum Gasteiger partial charge on any atom is 0.406 e. The van der Waals surface area contributed by atoms with Crippen LogP contribution in [0.4, 0.5) is 13.2 Å². The number of carbonyl (C=O) groups excluding carboxylic acids is 1. The Kier molecular flexibility index (Phi) is 8.25. The molecule has 3 aromatic rings. The van der Waals surface area contributed by atoms with Gasteiger partial charge in [0.1, 0.15) is 16.4 Å². The summed E-state index contributed by atoms with van der Waals surface area (Å²) in [5, 5.41) is 0. The van der Waals surface area contributed by atoms with E-state index in [0.717, 1.165) is 16.9 Å². The van der Waals surface area contributed by atoms with Crippen molar-refractivity contribution in [3.05, 3.63) is 58.0 Å². The standard InChI is InChI=1S/C24H27F3N2O7S/c1-5-35-21-12-15(8-10-20(21)34-3)19(13-37(4,32)33)29-17-9-7-16(22(30)36-6-2)11-18(17)28(23(29)31)14-24(25,26)27/h7-12,19H,5-6,13-14H2,1-4H3/t19-/m1/s1. The molecule has 0 amide bonds. The molecule has 0 saturated carbocycles. The Morgan fingerprint density at radius 3 is 2.30 bits per heavy atom. The van der Waals surface area contributed by atoms with Crippen molar-refractivity contribution in [1.82, 2.24) is 9.13 Å². The van der Waals surface area contributed by atoms with E-state index in [1.165, 1.54) is 37.4 Å². The quantitative estimate of drug-likeness (QED) is 0.359. The Balaban J connectivity index is 2.35. The first-order valence-corrected chi connectivity index (χ1v) is 13.3. The highest BCUT2D eigenvalue weighted by Gasteiger charge is 2.33. The average molecular weight is 545 g/mol. The third kappa shape index (κ3) is 6.45. The van der Waals surface area contributed by atoms with Crippen molar-refractivity contribution in [2.24, 2.45) is 0 Å². The Bertz CT molecular complexity index is 1460. The van der Waals surface area contributed by atoms with Crippen molar-refractivity contribution in [1.29, 1.82) is 0 Å². The van der Waals surface area contributed by atoms with E-state index in [2.05, 4.69) is 0 Å². The molecule has 1 heterocycles. The van der Waals surface area contributed by atoms with Gasteiger partial charge in [-0.05, 0) is 49.7 Å². The minimum Gasteiger partial charge on any atom is -0.493 e. The lowest BCUT2D eigenvalue weighted by Crippen LogP contribution is -2.34. The van der Waals surface area contributed by atoms with E-state index in [9.17, 15) is 31.2 Å². The van der Waals surface area contributed by atoms with Crippen LogP contribution >= 0.6 is 0 Å². The number of hydrogen-bond acceptors (Lipinski definition) is 7. The maximum absolute atomic E-state index is 13.5. The number of esters is 1. The van der Waals surface area contributed by atoms with E-state index >= 15 is 0 Å². The molecule has 0 unspecified atom stereocenters. The Hall–Kier alpha value is -3.48. The number of imidazole rings is 1. The Labute approximate surface area is 211 Å². The summed E-state index contributed by atoms with van der Waals surface area (Å²) >= 11 is 0. The molecule has 37 heavy (non-hydrogen) atoms. The van der Waals surface area contributed by atoms with Crippen LogP contribution in [0.1, 0.15) is 35.8 Å². The normalized spacial score (nSPS) is 12.9. The van der Waals surface area contributed by atoms with Crippen LogP contribution < -0.4 is 15.2 Å². The number of ether oxygens (including phenoxy) is 3. The third-order valence-electron chi connectivity index (χ3n) is 5.46. The smallest absolute Gasteiger partial charge is 0.406 e. The highest BCUT2D eigenvalue weighted by Crippen LogP contribution is 2.33. The molecule has 0 aliphatic heterocycles. The molecule has 0 spiro atoms. The fourth-order valence-corrected chi connectivity index (χ4v) is 4.94. The second kappa shape index (κ2) is 10.9. The lowest BCUT2D eigenvalue weighted by molar-refractivity contribution is -0.140. The number of alkyl halides is 3. The maximum atomic E-state index is 13.5. The lowest BCUT2D eigenvalue weighted by Gasteiger charge is -2.20. The first-order valence-electron chi connectivity index (χ1n) is 11.3. The van der Waals surface area contributed by atoms with Crippen LogP contribution in [0, 0.1) is 0 Å². The largest absolute Gasteiger partial charge is 0.493 e. The van der Waals surface area contributed by atoms with E-state index in [0.29, 0.717) is 15.9 Å². The molecular weight excluding hydrogens is 517 g/mol. The van der Waals surface area contributed by atoms with Gasteiger partial charge in [0.2, 0.25) is 0 Å². The van der Waals surface area contributed by atoms with Gasteiger partial charge in [0, 0.05) is 6.26 Å². The van der Waals surface area contributed by atoms with Gasteiger partial charge < -0.3 is 14.2 Å². The van der Waals surface area contributed by atoms with Gasteiger partial charge >= 0.3 is 17.8 Å². The predicted octanol–water partition coefficient (Wildman–Crippen LogP) is 3.58. The Morgan fingerprint density at radius 1 is 1.03 bits per heavy atom. The number of benzene rings is 2. The number of methoxy groups -OCH3 is 1. The molecule has 0 saturated heterocycles. The zero-order chi connectivity index (χ0) is 27.5. The molecule has 0 aliphatic rings. The van der Waals surface area contributed by atoms with Crippen molar-refractivity contribution in [2.45, 2.75) is 32.6 Å². The van der Waals surface area contributed by atoms with Crippen LogP contribution in [0.2, 0.25) is 0 Å². The predicted molar refractivity (Wildman–Crippen MR) is 130 cm³/mol. The number of halogens is 3. The van der Waals surface area contributed by atoms with Crippen molar-refractivity contribution in [3.63, 3.8) is 0 Å². The number of nitrogens with zero attached hydrogens (tertiary/aromatic N) is 2. The molecule has 9 nitrogen and oxygen atoms in total. The molecule has 0 radical (unpaired) electrons. The lowest BCUT2D eigenvalue weighted by atomic mass is 10.1. The summed E-state index contributed by atoms with van der Waals surface area (Å²) in [7, 11) is -2.32. The van der Waals surface area contributed by atoms with Crippen LogP contribution in [0.15, 0.2) is 41.2 Å². The SMILES string of the molecule is CCOC(=O)c1ccc2c(c1)n(CC(F)(F)F)c(=O)n2[C@H](CS(C)(=O)=O)c1ccc(OC)c(OCC)c1. The fraction of sp³-hybridized carbons (Fsp3) is 0.417.